The summed E-state index contributed by atoms with van der Waals surface area (Å²) in [5.74, 6) is 1.45. The van der Waals surface area contributed by atoms with Crippen molar-refractivity contribution in [3.05, 3.63) is 63.4 Å². The number of para-hydroxylation sites is 2. The SMILES string of the molecule is COc1cccc(-c2nc3c(c(=O)[nH]2)Cc2cccc(C)c2O3)c1O. The molecule has 0 amide bonds. The molecular weight excluding hydrogens is 320 g/mol. The molecule has 6 nitrogen and oxygen atoms in total. The zero-order valence-electron chi connectivity index (χ0n) is 13.8. The van der Waals surface area contributed by atoms with Gasteiger partial charge in [-0.1, -0.05) is 24.3 Å². The minimum Gasteiger partial charge on any atom is -0.504 e. The van der Waals surface area contributed by atoms with Crippen molar-refractivity contribution in [1.29, 1.82) is 0 Å². The lowest BCUT2D eigenvalue weighted by molar-refractivity contribution is 0.374. The van der Waals surface area contributed by atoms with Crippen LogP contribution in [0.2, 0.25) is 0 Å². The minimum atomic E-state index is -0.283. The molecule has 1 aromatic heterocycles. The molecule has 25 heavy (non-hydrogen) atoms. The molecule has 0 spiro atoms. The maximum atomic E-state index is 12.5. The van der Waals surface area contributed by atoms with E-state index >= 15 is 0 Å². The number of aromatic nitrogens is 2. The van der Waals surface area contributed by atoms with E-state index in [1.54, 1.807) is 18.2 Å². The maximum absolute atomic E-state index is 12.5. The fraction of sp³-hybridized carbons (Fsp3) is 0.158. The highest BCUT2D eigenvalue weighted by Crippen LogP contribution is 2.39. The lowest BCUT2D eigenvalue weighted by atomic mass is 10.0. The Bertz CT molecular complexity index is 1040. The van der Waals surface area contributed by atoms with Crippen molar-refractivity contribution in [1.82, 2.24) is 9.97 Å². The average molecular weight is 336 g/mol. The largest absolute Gasteiger partial charge is 0.504 e. The summed E-state index contributed by atoms with van der Waals surface area (Å²) in [6.45, 7) is 1.95. The normalized spacial score (nSPS) is 12.1. The van der Waals surface area contributed by atoms with E-state index in [2.05, 4.69) is 9.97 Å². The van der Waals surface area contributed by atoms with Crippen molar-refractivity contribution in [2.24, 2.45) is 0 Å². The highest BCUT2D eigenvalue weighted by molar-refractivity contribution is 5.68. The molecule has 0 atom stereocenters. The van der Waals surface area contributed by atoms with E-state index < -0.39 is 0 Å². The molecule has 0 bridgehead atoms. The average Bonchev–Trinajstić information content (AvgIpc) is 2.61. The molecule has 2 heterocycles. The summed E-state index contributed by atoms with van der Waals surface area (Å²) >= 11 is 0. The fourth-order valence-corrected chi connectivity index (χ4v) is 3.01. The second kappa shape index (κ2) is 5.66. The molecule has 0 fully saturated rings. The quantitative estimate of drug-likeness (QED) is 0.587. The summed E-state index contributed by atoms with van der Waals surface area (Å²) in [6.07, 6.45) is 0.457. The summed E-state index contributed by atoms with van der Waals surface area (Å²) < 4.78 is 11.0. The molecule has 2 N–H and O–H groups in total. The summed E-state index contributed by atoms with van der Waals surface area (Å²) in [5.41, 5.74) is 2.50. The first-order valence-corrected chi connectivity index (χ1v) is 7.84. The van der Waals surface area contributed by atoms with Crippen molar-refractivity contribution in [2.45, 2.75) is 13.3 Å². The number of methoxy groups -OCH3 is 1. The van der Waals surface area contributed by atoms with Crippen LogP contribution < -0.4 is 15.0 Å². The van der Waals surface area contributed by atoms with Crippen LogP contribution in [0.25, 0.3) is 11.4 Å². The van der Waals surface area contributed by atoms with Crippen LogP contribution in [0.15, 0.2) is 41.2 Å². The number of nitrogens with one attached hydrogen (secondary N) is 1. The predicted molar refractivity (Wildman–Crippen MR) is 92.6 cm³/mol. The number of ether oxygens (including phenoxy) is 2. The van der Waals surface area contributed by atoms with Crippen LogP contribution in [0.4, 0.5) is 0 Å². The van der Waals surface area contributed by atoms with E-state index in [9.17, 15) is 9.90 Å². The molecule has 0 aliphatic carbocycles. The van der Waals surface area contributed by atoms with Crippen molar-refractivity contribution >= 4 is 0 Å². The molecule has 1 aliphatic heterocycles. The second-order valence-electron chi connectivity index (χ2n) is 5.90. The first kappa shape index (κ1) is 15.3. The topological polar surface area (TPSA) is 84.4 Å². The molecule has 126 valence electrons. The van der Waals surface area contributed by atoms with Gasteiger partial charge >= 0.3 is 0 Å². The lowest BCUT2D eigenvalue weighted by Gasteiger charge is -2.20. The number of phenolic OH excluding ortho intramolecular Hbond substituents is 1. The Morgan fingerprint density at radius 2 is 2.04 bits per heavy atom. The Hall–Kier alpha value is -3.28. The molecule has 4 rings (SSSR count). The van der Waals surface area contributed by atoms with Gasteiger partial charge in [-0.3, -0.25) is 4.79 Å². The number of H-pyrrole nitrogens is 1. The smallest absolute Gasteiger partial charge is 0.258 e. The molecule has 0 radical (unpaired) electrons. The van der Waals surface area contributed by atoms with E-state index in [1.807, 2.05) is 25.1 Å². The zero-order chi connectivity index (χ0) is 17.6. The number of phenols is 1. The molecule has 6 heteroatoms. The molecule has 0 saturated carbocycles. The van der Waals surface area contributed by atoms with Gasteiger partial charge in [0.05, 0.1) is 18.2 Å². The van der Waals surface area contributed by atoms with Crippen LogP contribution in [0, 0.1) is 6.92 Å². The van der Waals surface area contributed by atoms with Crippen LogP contribution in [-0.2, 0) is 6.42 Å². The van der Waals surface area contributed by atoms with Crippen LogP contribution in [0.3, 0.4) is 0 Å². The first-order chi connectivity index (χ1) is 12.1. The molecule has 0 unspecified atom stereocenters. The van der Waals surface area contributed by atoms with E-state index in [0.29, 0.717) is 23.3 Å². The Labute approximate surface area is 143 Å². The molecular formula is C19H16N2O4. The number of fused-ring (bicyclic) bond motifs is 2. The van der Waals surface area contributed by atoms with Gasteiger partial charge in [-0.25, -0.2) is 0 Å². The molecule has 2 aromatic carbocycles. The highest BCUT2D eigenvalue weighted by atomic mass is 16.5. The van der Waals surface area contributed by atoms with Crippen molar-refractivity contribution in [3.63, 3.8) is 0 Å². The van der Waals surface area contributed by atoms with E-state index in [-0.39, 0.29) is 23.0 Å². The van der Waals surface area contributed by atoms with Gasteiger partial charge in [-0.2, -0.15) is 4.98 Å². The number of hydrogen-bond acceptors (Lipinski definition) is 5. The van der Waals surface area contributed by atoms with Gasteiger partial charge < -0.3 is 19.6 Å². The van der Waals surface area contributed by atoms with Crippen molar-refractivity contribution in [2.75, 3.05) is 7.11 Å². The van der Waals surface area contributed by atoms with Gasteiger partial charge in [-0.15, -0.1) is 0 Å². The number of aromatic amines is 1. The molecule has 0 saturated heterocycles. The first-order valence-electron chi connectivity index (χ1n) is 7.84. The molecule has 1 aliphatic rings. The third-order valence-corrected chi connectivity index (χ3v) is 4.31. The number of nitrogens with zero attached hydrogens (tertiary/aromatic N) is 1. The number of aryl methyl sites for hydroxylation is 1. The Kier molecular flexibility index (Phi) is 3.46. The van der Waals surface area contributed by atoms with Crippen LogP contribution in [-0.4, -0.2) is 22.2 Å². The van der Waals surface area contributed by atoms with Gasteiger partial charge in [0, 0.05) is 6.42 Å². The lowest BCUT2D eigenvalue weighted by Crippen LogP contribution is -2.20. The van der Waals surface area contributed by atoms with Crippen molar-refractivity contribution in [3.8, 4) is 34.5 Å². The fourth-order valence-electron chi connectivity index (χ4n) is 3.01. The van der Waals surface area contributed by atoms with E-state index in [1.165, 1.54) is 7.11 Å². The third-order valence-electron chi connectivity index (χ3n) is 4.31. The maximum Gasteiger partial charge on any atom is 0.258 e. The number of hydrogen-bond donors (Lipinski definition) is 2. The monoisotopic (exact) mass is 336 g/mol. The van der Waals surface area contributed by atoms with E-state index in [4.69, 9.17) is 9.47 Å². The van der Waals surface area contributed by atoms with Crippen LogP contribution in [0.1, 0.15) is 16.7 Å². The van der Waals surface area contributed by atoms with Crippen LogP contribution >= 0.6 is 0 Å². The summed E-state index contributed by atoms with van der Waals surface area (Å²) in [5, 5.41) is 10.3. The van der Waals surface area contributed by atoms with E-state index in [0.717, 1.165) is 16.9 Å². The van der Waals surface area contributed by atoms with Crippen molar-refractivity contribution < 1.29 is 14.6 Å². The van der Waals surface area contributed by atoms with Gasteiger partial charge in [0.1, 0.15) is 11.6 Å². The summed E-state index contributed by atoms with van der Waals surface area (Å²) in [7, 11) is 1.46. The standard InChI is InChI=1S/C19H16N2O4/c1-10-5-3-6-11-9-13-18(23)20-17(21-19(13)25-16(10)11)12-7-4-8-14(24-2)15(12)22/h3-8,22H,9H2,1-2H3,(H,20,21,23). The predicted octanol–water partition coefficient (Wildman–Crippen LogP) is 3.16. The van der Waals surface area contributed by atoms with Gasteiger partial charge in [0.2, 0.25) is 5.88 Å². The van der Waals surface area contributed by atoms with Gasteiger partial charge in [0.15, 0.2) is 11.5 Å². The number of aromatic hydroxyl groups is 1. The zero-order valence-corrected chi connectivity index (χ0v) is 13.8. The highest BCUT2D eigenvalue weighted by Gasteiger charge is 2.24. The van der Waals surface area contributed by atoms with Gasteiger partial charge in [-0.05, 0) is 30.2 Å². The second-order valence-corrected chi connectivity index (χ2v) is 5.90. The Morgan fingerprint density at radius 1 is 1.24 bits per heavy atom. The summed E-state index contributed by atoms with van der Waals surface area (Å²) in [6, 6.07) is 10.8. The summed E-state index contributed by atoms with van der Waals surface area (Å²) in [4.78, 5) is 19.7. The number of benzene rings is 2. The molecule has 3 aromatic rings. The van der Waals surface area contributed by atoms with Gasteiger partial charge in [0.25, 0.3) is 5.56 Å². The Morgan fingerprint density at radius 3 is 2.84 bits per heavy atom. The Balaban J connectivity index is 1.86. The third kappa shape index (κ3) is 2.42. The van der Waals surface area contributed by atoms with Crippen LogP contribution in [0.5, 0.6) is 23.1 Å². The minimum absolute atomic E-state index is 0.0829. The number of rotatable bonds is 2.